The van der Waals surface area contributed by atoms with Crippen molar-refractivity contribution < 1.29 is 4.79 Å². The zero-order chi connectivity index (χ0) is 16.1. The Kier molecular flexibility index (Phi) is 6.87. The number of nitrogens with zero attached hydrogens (tertiary/aromatic N) is 1. The Balaban J connectivity index is 1.85. The number of hydrogen-bond donors (Lipinski definition) is 1. The highest BCUT2D eigenvalue weighted by molar-refractivity contribution is 8.00. The van der Waals surface area contributed by atoms with Gasteiger partial charge in [-0.15, -0.1) is 11.8 Å². The fourth-order valence-corrected chi connectivity index (χ4v) is 4.15. The van der Waals surface area contributed by atoms with Crippen molar-refractivity contribution in [3.8, 4) is 0 Å². The molecule has 1 aliphatic heterocycles. The third-order valence-corrected chi connectivity index (χ3v) is 5.82. The van der Waals surface area contributed by atoms with Crippen LogP contribution < -0.4 is 5.32 Å². The minimum absolute atomic E-state index is 0.0454. The van der Waals surface area contributed by atoms with Crippen LogP contribution in [0.25, 0.3) is 0 Å². The highest BCUT2D eigenvalue weighted by Crippen LogP contribution is 2.32. The largest absolute Gasteiger partial charge is 0.354 e. The van der Waals surface area contributed by atoms with Gasteiger partial charge in [0.15, 0.2) is 0 Å². The zero-order valence-electron chi connectivity index (χ0n) is 12.9. The monoisotopic (exact) mass is 360 g/mol. The van der Waals surface area contributed by atoms with E-state index in [9.17, 15) is 4.79 Å². The molecule has 0 unspecified atom stereocenters. The molecule has 1 amide bonds. The van der Waals surface area contributed by atoms with Gasteiger partial charge in [-0.25, -0.2) is 0 Å². The maximum absolute atomic E-state index is 12.3. The number of thioether (sulfide) groups is 1. The number of benzene rings is 1. The van der Waals surface area contributed by atoms with E-state index in [1.165, 1.54) is 18.2 Å². The van der Waals surface area contributed by atoms with Crippen LogP contribution in [-0.4, -0.2) is 41.7 Å². The van der Waals surface area contributed by atoms with Crippen molar-refractivity contribution in [3.05, 3.63) is 28.2 Å². The number of likely N-dealkylation sites (tertiary alicyclic amines) is 1. The van der Waals surface area contributed by atoms with Crippen LogP contribution in [0, 0.1) is 0 Å². The van der Waals surface area contributed by atoms with Gasteiger partial charge in [-0.1, -0.05) is 30.1 Å². The van der Waals surface area contributed by atoms with E-state index in [1.54, 1.807) is 18.2 Å². The molecule has 122 valence electrons. The van der Waals surface area contributed by atoms with E-state index in [0.717, 1.165) is 31.0 Å². The summed E-state index contributed by atoms with van der Waals surface area (Å²) in [6, 6.07) is 5.78. The first-order valence-electron chi connectivity index (χ1n) is 7.64. The summed E-state index contributed by atoms with van der Waals surface area (Å²) in [5, 5.41) is 4.12. The first kappa shape index (κ1) is 17.9. The van der Waals surface area contributed by atoms with Crippen LogP contribution in [0.2, 0.25) is 10.0 Å². The molecule has 1 aliphatic rings. The Morgan fingerprint density at radius 1 is 1.50 bits per heavy atom. The minimum Gasteiger partial charge on any atom is -0.354 e. The number of halogens is 2. The molecular weight excluding hydrogens is 339 g/mol. The van der Waals surface area contributed by atoms with E-state index in [4.69, 9.17) is 23.2 Å². The predicted octanol–water partition coefficient (Wildman–Crippen LogP) is 4.07. The third kappa shape index (κ3) is 4.79. The average molecular weight is 361 g/mol. The summed E-state index contributed by atoms with van der Waals surface area (Å²) in [6.45, 7) is 6.96. The summed E-state index contributed by atoms with van der Waals surface area (Å²) >= 11 is 13.6. The Hall–Kier alpha value is -0.420. The Labute approximate surface area is 146 Å². The second kappa shape index (κ2) is 8.44. The van der Waals surface area contributed by atoms with Crippen molar-refractivity contribution in [2.75, 3.05) is 19.6 Å². The Morgan fingerprint density at radius 3 is 3.00 bits per heavy atom. The first-order valence-corrected chi connectivity index (χ1v) is 9.28. The zero-order valence-corrected chi connectivity index (χ0v) is 15.3. The molecule has 0 radical (unpaired) electrons. The molecule has 1 aromatic carbocycles. The molecule has 1 saturated heterocycles. The van der Waals surface area contributed by atoms with Crippen molar-refractivity contribution in [2.24, 2.45) is 0 Å². The minimum atomic E-state index is -0.201. The van der Waals surface area contributed by atoms with Crippen LogP contribution in [0.15, 0.2) is 23.1 Å². The lowest BCUT2D eigenvalue weighted by molar-refractivity contribution is -0.120. The second-order valence-corrected chi connectivity index (χ2v) is 7.73. The molecule has 6 heteroatoms. The van der Waals surface area contributed by atoms with Gasteiger partial charge in [0, 0.05) is 22.5 Å². The Bertz CT molecular complexity index is 527. The molecule has 0 spiro atoms. The van der Waals surface area contributed by atoms with Crippen LogP contribution in [0.4, 0.5) is 0 Å². The highest BCUT2D eigenvalue weighted by atomic mass is 35.5. The maximum Gasteiger partial charge on any atom is 0.233 e. The van der Waals surface area contributed by atoms with Gasteiger partial charge in [0.05, 0.1) is 10.3 Å². The normalized spacial score (nSPS) is 20.1. The van der Waals surface area contributed by atoms with Gasteiger partial charge in [-0.3, -0.25) is 9.69 Å². The van der Waals surface area contributed by atoms with Gasteiger partial charge < -0.3 is 5.32 Å². The number of carbonyl (C=O) groups is 1. The molecule has 1 heterocycles. The molecule has 2 atom stereocenters. The number of hydrogen-bond acceptors (Lipinski definition) is 3. The van der Waals surface area contributed by atoms with E-state index in [0.29, 0.717) is 16.1 Å². The van der Waals surface area contributed by atoms with Crippen LogP contribution in [0.3, 0.4) is 0 Å². The van der Waals surface area contributed by atoms with E-state index in [2.05, 4.69) is 17.1 Å². The first-order chi connectivity index (χ1) is 10.5. The van der Waals surface area contributed by atoms with Crippen LogP contribution in [0.1, 0.15) is 26.7 Å². The fraction of sp³-hybridized carbons (Fsp3) is 0.562. The van der Waals surface area contributed by atoms with Gasteiger partial charge in [0.25, 0.3) is 0 Å². The lowest BCUT2D eigenvalue weighted by Crippen LogP contribution is -2.42. The Morgan fingerprint density at radius 2 is 2.27 bits per heavy atom. The maximum atomic E-state index is 12.3. The van der Waals surface area contributed by atoms with Crippen molar-refractivity contribution in [1.29, 1.82) is 0 Å². The summed E-state index contributed by atoms with van der Waals surface area (Å²) in [5.74, 6) is 0.0454. The summed E-state index contributed by atoms with van der Waals surface area (Å²) in [5.41, 5.74) is 0. The quantitative estimate of drug-likeness (QED) is 0.775. The number of rotatable bonds is 6. The van der Waals surface area contributed by atoms with Gasteiger partial charge in [-0.2, -0.15) is 0 Å². The van der Waals surface area contributed by atoms with Gasteiger partial charge in [0.2, 0.25) is 5.91 Å². The number of likely N-dealkylation sites (N-methyl/N-ethyl adjacent to an activating group) is 1. The third-order valence-electron chi connectivity index (χ3n) is 3.98. The lowest BCUT2D eigenvalue weighted by atomic mass is 10.2. The molecule has 1 N–H and O–H groups in total. The van der Waals surface area contributed by atoms with Crippen molar-refractivity contribution in [1.82, 2.24) is 10.2 Å². The molecule has 22 heavy (non-hydrogen) atoms. The molecule has 0 bridgehead atoms. The standard InChI is InChI=1S/C16H22Cl2N2OS/c1-3-20-8-4-5-13(20)10-19-16(21)11(2)22-15-9-12(17)6-7-14(15)18/h6-7,9,11,13H,3-5,8,10H2,1-2H3,(H,19,21)/t11-,13+/m1/s1. The number of carbonyl (C=O) groups excluding carboxylic acids is 1. The van der Waals surface area contributed by atoms with E-state index in [-0.39, 0.29) is 11.2 Å². The van der Waals surface area contributed by atoms with Crippen molar-refractivity contribution in [2.45, 2.75) is 42.9 Å². The summed E-state index contributed by atoms with van der Waals surface area (Å²) < 4.78 is 0. The predicted molar refractivity (Wildman–Crippen MR) is 95.1 cm³/mol. The van der Waals surface area contributed by atoms with E-state index in [1.807, 2.05) is 6.92 Å². The van der Waals surface area contributed by atoms with Crippen LogP contribution >= 0.6 is 35.0 Å². The number of amides is 1. The molecule has 0 aromatic heterocycles. The van der Waals surface area contributed by atoms with Gasteiger partial charge >= 0.3 is 0 Å². The van der Waals surface area contributed by atoms with E-state index >= 15 is 0 Å². The lowest BCUT2D eigenvalue weighted by Gasteiger charge is -2.23. The topological polar surface area (TPSA) is 32.3 Å². The summed E-state index contributed by atoms with van der Waals surface area (Å²) in [6.07, 6.45) is 2.38. The SMILES string of the molecule is CCN1CCC[C@H]1CNC(=O)[C@@H](C)Sc1cc(Cl)ccc1Cl. The highest BCUT2D eigenvalue weighted by Gasteiger charge is 2.24. The second-order valence-electron chi connectivity index (χ2n) is 5.50. The number of nitrogens with one attached hydrogen (secondary N) is 1. The van der Waals surface area contributed by atoms with E-state index < -0.39 is 0 Å². The molecular formula is C16H22Cl2N2OS. The van der Waals surface area contributed by atoms with Gasteiger partial charge in [-0.05, 0) is 51.1 Å². The molecule has 3 nitrogen and oxygen atoms in total. The van der Waals surface area contributed by atoms with Crippen LogP contribution in [0.5, 0.6) is 0 Å². The molecule has 1 aromatic rings. The van der Waals surface area contributed by atoms with Crippen LogP contribution in [-0.2, 0) is 4.79 Å². The average Bonchev–Trinajstić information content (AvgIpc) is 2.95. The molecule has 2 rings (SSSR count). The molecule has 0 aliphatic carbocycles. The molecule has 0 saturated carbocycles. The summed E-state index contributed by atoms with van der Waals surface area (Å²) in [4.78, 5) is 15.5. The molecule has 1 fully saturated rings. The van der Waals surface area contributed by atoms with Crippen molar-refractivity contribution >= 4 is 40.9 Å². The smallest absolute Gasteiger partial charge is 0.233 e. The van der Waals surface area contributed by atoms with Crippen molar-refractivity contribution in [3.63, 3.8) is 0 Å². The van der Waals surface area contributed by atoms with Gasteiger partial charge in [0.1, 0.15) is 0 Å². The fourth-order valence-electron chi connectivity index (χ4n) is 2.72. The summed E-state index contributed by atoms with van der Waals surface area (Å²) in [7, 11) is 0.